The number of nitrogens with two attached hydrogens (primary N) is 1. The van der Waals surface area contributed by atoms with Crippen molar-refractivity contribution in [2.45, 2.75) is 110 Å². The molecule has 4 unspecified atom stereocenters. The monoisotopic (exact) mass is 372 g/mol. The van der Waals surface area contributed by atoms with Gasteiger partial charge in [-0.3, -0.25) is 0 Å². The van der Waals surface area contributed by atoms with Gasteiger partial charge in [-0.15, -0.1) is 0 Å². The van der Waals surface area contributed by atoms with Crippen LogP contribution in [0.4, 0.5) is 0 Å². The number of aliphatic hydroxyl groups excluding tert-OH is 1. The van der Waals surface area contributed by atoms with E-state index in [0.717, 1.165) is 32.5 Å². The molecule has 0 spiro atoms. The van der Waals surface area contributed by atoms with Crippen LogP contribution in [0.1, 0.15) is 85.5 Å². The van der Waals surface area contributed by atoms with Crippen LogP contribution in [0.3, 0.4) is 0 Å². The predicted molar refractivity (Wildman–Crippen MR) is 115 cm³/mol. The molecule has 158 valence electrons. The number of hydrogen-bond acceptors (Lipinski definition) is 5. The first-order valence-corrected chi connectivity index (χ1v) is 11.1. The van der Waals surface area contributed by atoms with Crippen molar-refractivity contribution in [3.63, 3.8) is 0 Å². The molecule has 0 saturated heterocycles. The Kier molecular flexibility index (Phi) is 18.0. The number of aliphatic hydroxyl groups is 1. The van der Waals surface area contributed by atoms with Gasteiger partial charge in [0, 0.05) is 44.3 Å². The topological polar surface area (TPSA) is 82.3 Å². The molecule has 0 aliphatic heterocycles. The second kappa shape index (κ2) is 18.2. The number of nitrogens with one attached hydrogen (secondary N) is 3. The lowest BCUT2D eigenvalue weighted by Crippen LogP contribution is -2.46. The van der Waals surface area contributed by atoms with Crippen LogP contribution < -0.4 is 21.7 Å². The zero-order valence-electron chi connectivity index (χ0n) is 18.0. The first-order valence-electron chi connectivity index (χ1n) is 11.1. The zero-order valence-corrected chi connectivity index (χ0v) is 18.0. The molecule has 6 N–H and O–H groups in total. The molecular weight excluding hydrogens is 324 g/mol. The standard InChI is InChI=1S/C21H48N4O/c1-5-6-7-8-9-10-11-12-13-21(26)17-23-15-19(3)25-16-20(4)24-14-18(2)22/h18-21,23-26H,5-17,22H2,1-4H3. The fourth-order valence-electron chi connectivity index (χ4n) is 2.99. The molecule has 0 heterocycles. The Morgan fingerprint density at radius 2 is 1.27 bits per heavy atom. The molecule has 0 rings (SSSR count). The van der Waals surface area contributed by atoms with E-state index in [9.17, 15) is 5.11 Å². The van der Waals surface area contributed by atoms with E-state index in [1.54, 1.807) is 0 Å². The molecule has 26 heavy (non-hydrogen) atoms. The maximum atomic E-state index is 10.1. The second-order valence-electron chi connectivity index (χ2n) is 8.17. The van der Waals surface area contributed by atoms with E-state index < -0.39 is 0 Å². The molecule has 0 aromatic rings. The van der Waals surface area contributed by atoms with Gasteiger partial charge in [0.1, 0.15) is 0 Å². The molecule has 4 atom stereocenters. The van der Waals surface area contributed by atoms with Gasteiger partial charge in [0.25, 0.3) is 0 Å². The number of unbranched alkanes of at least 4 members (excludes halogenated alkanes) is 7. The third-order valence-electron chi connectivity index (χ3n) is 4.78. The Bertz CT molecular complexity index is 289. The van der Waals surface area contributed by atoms with Gasteiger partial charge in [-0.25, -0.2) is 0 Å². The van der Waals surface area contributed by atoms with E-state index in [1.165, 1.54) is 44.9 Å². The van der Waals surface area contributed by atoms with Crippen molar-refractivity contribution in [2.24, 2.45) is 5.73 Å². The van der Waals surface area contributed by atoms with Crippen molar-refractivity contribution in [3.8, 4) is 0 Å². The molecule has 0 aliphatic carbocycles. The molecule has 0 aromatic heterocycles. The summed E-state index contributed by atoms with van der Waals surface area (Å²) < 4.78 is 0. The first-order chi connectivity index (χ1) is 12.5. The summed E-state index contributed by atoms with van der Waals surface area (Å²) in [6, 6.07) is 1.000. The van der Waals surface area contributed by atoms with E-state index in [4.69, 9.17) is 5.73 Å². The molecule has 0 saturated carbocycles. The lowest BCUT2D eigenvalue weighted by atomic mass is 10.1. The molecule has 5 nitrogen and oxygen atoms in total. The lowest BCUT2D eigenvalue weighted by molar-refractivity contribution is 0.157. The molecule has 0 amide bonds. The Morgan fingerprint density at radius 3 is 1.88 bits per heavy atom. The zero-order chi connectivity index (χ0) is 19.6. The minimum Gasteiger partial charge on any atom is -0.392 e. The van der Waals surface area contributed by atoms with Crippen molar-refractivity contribution in [1.29, 1.82) is 0 Å². The quantitative estimate of drug-likeness (QED) is 0.225. The molecule has 0 bridgehead atoms. The Labute approximate surface area is 163 Å². The van der Waals surface area contributed by atoms with Gasteiger partial charge < -0.3 is 26.8 Å². The van der Waals surface area contributed by atoms with Gasteiger partial charge in [-0.2, -0.15) is 0 Å². The molecule has 5 heteroatoms. The van der Waals surface area contributed by atoms with Crippen LogP contribution in [0.15, 0.2) is 0 Å². The minimum absolute atomic E-state index is 0.194. The van der Waals surface area contributed by atoms with Gasteiger partial charge in [-0.05, 0) is 27.2 Å². The summed E-state index contributed by atoms with van der Waals surface area (Å²) in [7, 11) is 0. The van der Waals surface area contributed by atoms with E-state index in [-0.39, 0.29) is 12.1 Å². The SMILES string of the molecule is CCCCCCCCCCC(O)CNCC(C)NCC(C)NCC(C)N. The maximum Gasteiger partial charge on any atom is 0.0664 e. The second-order valence-corrected chi connectivity index (χ2v) is 8.17. The third-order valence-corrected chi connectivity index (χ3v) is 4.78. The van der Waals surface area contributed by atoms with Gasteiger partial charge in [0.05, 0.1) is 6.10 Å². The molecule has 0 fully saturated rings. The summed E-state index contributed by atoms with van der Waals surface area (Å²) in [5.41, 5.74) is 5.75. The highest BCUT2D eigenvalue weighted by Crippen LogP contribution is 2.10. The van der Waals surface area contributed by atoms with Crippen LogP contribution in [-0.2, 0) is 0 Å². The minimum atomic E-state index is -0.214. The summed E-state index contributed by atoms with van der Waals surface area (Å²) in [5.74, 6) is 0. The summed E-state index contributed by atoms with van der Waals surface area (Å²) >= 11 is 0. The smallest absolute Gasteiger partial charge is 0.0664 e. The van der Waals surface area contributed by atoms with Crippen molar-refractivity contribution in [2.75, 3.05) is 26.2 Å². The average Bonchev–Trinajstić information content (AvgIpc) is 2.60. The lowest BCUT2D eigenvalue weighted by Gasteiger charge is -2.20. The fourth-order valence-corrected chi connectivity index (χ4v) is 2.99. The highest BCUT2D eigenvalue weighted by molar-refractivity contribution is 4.72. The summed E-state index contributed by atoms with van der Waals surface area (Å²) in [6.45, 7) is 12.0. The van der Waals surface area contributed by atoms with Crippen LogP contribution in [0, 0.1) is 0 Å². The van der Waals surface area contributed by atoms with Gasteiger partial charge >= 0.3 is 0 Å². The van der Waals surface area contributed by atoms with Crippen LogP contribution >= 0.6 is 0 Å². The van der Waals surface area contributed by atoms with Gasteiger partial charge in [0.15, 0.2) is 0 Å². The van der Waals surface area contributed by atoms with E-state index >= 15 is 0 Å². The Morgan fingerprint density at radius 1 is 0.731 bits per heavy atom. The summed E-state index contributed by atoms with van der Waals surface area (Å²) in [4.78, 5) is 0. The fraction of sp³-hybridized carbons (Fsp3) is 1.00. The van der Waals surface area contributed by atoms with Crippen LogP contribution in [0.25, 0.3) is 0 Å². The summed E-state index contributed by atoms with van der Waals surface area (Å²) in [5, 5.41) is 20.4. The number of rotatable bonds is 19. The van der Waals surface area contributed by atoms with Gasteiger partial charge in [-0.1, -0.05) is 58.3 Å². The van der Waals surface area contributed by atoms with Crippen molar-refractivity contribution in [1.82, 2.24) is 16.0 Å². The van der Waals surface area contributed by atoms with E-state index in [1.807, 2.05) is 6.92 Å². The molecule has 0 radical (unpaired) electrons. The van der Waals surface area contributed by atoms with Crippen LogP contribution in [0.2, 0.25) is 0 Å². The van der Waals surface area contributed by atoms with Crippen molar-refractivity contribution < 1.29 is 5.11 Å². The number of hydrogen-bond donors (Lipinski definition) is 5. The third kappa shape index (κ3) is 18.6. The van der Waals surface area contributed by atoms with Crippen molar-refractivity contribution >= 4 is 0 Å². The van der Waals surface area contributed by atoms with E-state index in [0.29, 0.717) is 18.6 Å². The summed E-state index contributed by atoms with van der Waals surface area (Å²) in [6.07, 6.45) is 11.2. The molecule has 0 aromatic carbocycles. The normalized spacial score (nSPS) is 16.4. The Hall–Kier alpha value is -0.200. The predicted octanol–water partition coefficient (Wildman–Crippen LogP) is 2.77. The van der Waals surface area contributed by atoms with Crippen LogP contribution in [-0.4, -0.2) is 55.5 Å². The molecule has 0 aliphatic rings. The van der Waals surface area contributed by atoms with E-state index in [2.05, 4.69) is 36.7 Å². The Balaban J connectivity index is 3.44. The molecular formula is C21H48N4O. The highest BCUT2D eigenvalue weighted by Gasteiger charge is 2.08. The maximum absolute atomic E-state index is 10.1. The van der Waals surface area contributed by atoms with Gasteiger partial charge in [0.2, 0.25) is 0 Å². The first kappa shape index (κ1) is 25.8. The largest absolute Gasteiger partial charge is 0.392 e. The van der Waals surface area contributed by atoms with Crippen molar-refractivity contribution in [3.05, 3.63) is 0 Å². The average molecular weight is 373 g/mol. The van der Waals surface area contributed by atoms with Crippen LogP contribution in [0.5, 0.6) is 0 Å². The highest BCUT2D eigenvalue weighted by atomic mass is 16.3.